The van der Waals surface area contributed by atoms with Crippen molar-refractivity contribution in [2.24, 2.45) is 0 Å². The maximum absolute atomic E-state index is 12.6. The van der Waals surface area contributed by atoms with E-state index in [1.165, 1.54) is 17.0 Å². The highest BCUT2D eigenvalue weighted by Crippen LogP contribution is 2.31. The highest BCUT2D eigenvalue weighted by atomic mass is 32.1. The number of nitrogens with one attached hydrogen (secondary N) is 1. The molecule has 27 heavy (non-hydrogen) atoms. The van der Waals surface area contributed by atoms with Gasteiger partial charge in [0, 0.05) is 6.61 Å². The van der Waals surface area contributed by atoms with Crippen LogP contribution in [0.4, 0.5) is 8.78 Å². The van der Waals surface area contributed by atoms with Gasteiger partial charge in [0.25, 0.3) is 5.91 Å². The van der Waals surface area contributed by atoms with Gasteiger partial charge >= 0.3 is 6.61 Å². The van der Waals surface area contributed by atoms with E-state index in [-0.39, 0.29) is 30.1 Å². The highest BCUT2D eigenvalue weighted by Gasteiger charge is 2.33. The fourth-order valence-electron chi connectivity index (χ4n) is 2.97. The van der Waals surface area contributed by atoms with Gasteiger partial charge in [-0.1, -0.05) is 6.07 Å². The lowest BCUT2D eigenvalue weighted by Gasteiger charge is -2.18. The number of thiocarbonyl (C=S) groups is 1. The molecular weight excluding hydrogens is 378 g/mol. The molecule has 0 radical (unpaired) electrons. The van der Waals surface area contributed by atoms with Crippen LogP contribution in [0.25, 0.3) is 6.08 Å². The normalized spacial score (nSPS) is 21.3. The molecule has 1 aromatic rings. The zero-order chi connectivity index (χ0) is 19.4. The standard InChI is InChI=1S/C18H20F2N2O4S/c1-2-24-15-9-11(5-6-14(15)26-17(19)20)8-13-16(23)22(18(27)21-13)10-12-4-3-7-25-12/h5-6,8-9,12,17H,2-4,7,10H2,1H3,(H,21,27)/b13-8-/t12-/m1/s1. The van der Waals surface area contributed by atoms with Crippen LogP contribution in [0.3, 0.4) is 0 Å². The maximum Gasteiger partial charge on any atom is 0.387 e. The Kier molecular flexibility index (Phi) is 6.22. The molecule has 9 heteroatoms. The fraction of sp³-hybridized carbons (Fsp3) is 0.444. The molecule has 1 N–H and O–H groups in total. The third-order valence-corrected chi connectivity index (χ3v) is 4.49. The first-order valence-electron chi connectivity index (χ1n) is 8.65. The minimum Gasteiger partial charge on any atom is -0.490 e. The Bertz CT molecular complexity index is 751. The smallest absolute Gasteiger partial charge is 0.387 e. The van der Waals surface area contributed by atoms with Crippen molar-refractivity contribution >= 4 is 29.3 Å². The number of hydrogen-bond acceptors (Lipinski definition) is 5. The van der Waals surface area contributed by atoms with Crippen LogP contribution in [0.5, 0.6) is 11.5 Å². The molecule has 2 saturated heterocycles. The van der Waals surface area contributed by atoms with Crippen molar-refractivity contribution in [3.8, 4) is 11.5 Å². The lowest BCUT2D eigenvalue weighted by atomic mass is 10.1. The molecule has 0 unspecified atom stereocenters. The van der Waals surface area contributed by atoms with Crippen molar-refractivity contribution in [1.29, 1.82) is 0 Å². The van der Waals surface area contributed by atoms with Crippen LogP contribution in [-0.4, -0.2) is 48.4 Å². The highest BCUT2D eigenvalue weighted by molar-refractivity contribution is 7.80. The van der Waals surface area contributed by atoms with Gasteiger partial charge in [-0.05, 0) is 55.8 Å². The summed E-state index contributed by atoms with van der Waals surface area (Å²) in [6.45, 7) is 0.183. The molecule has 6 nitrogen and oxygen atoms in total. The summed E-state index contributed by atoms with van der Waals surface area (Å²) in [6.07, 6.45) is 3.46. The van der Waals surface area contributed by atoms with Gasteiger partial charge in [0.2, 0.25) is 0 Å². The average Bonchev–Trinajstić information content (AvgIpc) is 3.21. The van der Waals surface area contributed by atoms with Crippen molar-refractivity contribution in [1.82, 2.24) is 10.2 Å². The Hall–Kier alpha value is -2.26. The number of nitrogens with zero attached hydrogens (tertiary/aromatic N) is 1. The summed E-state index contributed by atoms with van der Waals surface area (Å²) in [7, 11) is 0. The van der Waals surface area contributed by atoms with Crippen molar-refractivity contribution in [3.05, 3.63) is 29.5 Å². The molecule has 2 fully saturated rings. The number of ether oxygens (including phenoxy) is 3. The number of halogens is 2. The second kappa shape index (κ2) is 8.62. The van der Waals surface area contributed by atoms with E-state index in [0.29, 0.717) is 29.5 Å². The van der Waals surface area contributed by atoms with Gasteiger partial charge < -0.3 is 19.5 Å². The molecule has 1 amide bonds. The third kappa shape index (κ3) is 4.72. The summed E-state index contributed by atoms with van der Waals surface area (Å²) < 4.78 is 40.4. The monoisotopic (exact) mass is 398 g/mol. The van der Waals surface area contributed by atoms with E-state index >= 15 is 0 Å². The number of benzene rings is 1. The quantitative estimate of drug-likeness (QED) is 0.563. The topological polar surface area (TPSA) is 60.0 Å². The molecule has 0 aromatic heterocycles. The Morgan fingerprint density at radius 1 is 1.44 bits per heavy atom. The summed E-state index contributed by atoms with van der Waals surface area (Å²) in [5, 5.41) is 3.22. The van der Waals surface area contributed by atoms with Gasteiger partial charge in [-0.15, -0.1) is 0 Å². The molecule has 2 aliphatic heterocycles. The summed E-state index contributed by atoms with van der Waals surface area (Å²) in [5.41, 5.74) is 0.903. The van der Waals surface area contributed by atoms with Gasteiger partial charge in [0.15, 0.2) is 16.6 Å². The molecule has 3 rings (SSSR count). The van der Waals surface area contributed by atoms with Gasteiger partial charge in [-0.25, -0.2) is 0 Å². The van der Waals surface area contributed by atoms with Crippen LogP contribution in [0.15, 0.2) is 23.9 Å². The fourth-order valence-corrected chi connectivity index (χ4v) is 3.24. The van der Waals surface area contributed by atoms with E-state index in [1.54, 1.807) is 19.1 Å². The Morgan fingerprint density at radius 2 is 2.26 bits per heavy atom. The molecule has 1 aromatic carbocycles. The minimum atomic E-state index is -2.95. The van der Waals surface area contributed by atoms with Crippen LogP contribution in [-0.2, 0) is 9.53 Å². The first kappa shape index (κ1) is 19.5. The van der Waals surface area contributed by atoms with Crippen molar-refractivity contribution < 1.29 is 27.8 Å². The van der Waals surface area contributed by atoms with Crippen LogP contribution in [0.2, 0.25) is 0 Å². The molecule has 0 bridgehead atoms. The van der Waals surface area contributed by atoms with E-state index in [0.717, 1.165) is 12.8 Å². The molecule has 146 valence electrons. The molecule has 0 saturated carbocycles. The van der Waals surface area contributed by atoms with E-state index in [2.05, 4.69) is 10.1 Å². The van der Waals surface area contributed by atoms with Crippen LogP contribution >= 0.6 is 12.2 Å². The molecule has 1 atom stereocenters. The van der Waals surface area contributed by atoms with E-state index in [4.69, 9.17) is 21.7 Å². The van der Waals surface area contributed by atoms with Gasteiger partial charge in [-0.3, -0.25) is 9.69 Å². The summed E-state index contributed by atoms with van der Waals surface area (Å²) in [6, 6.07) is 4.48. The van der Waals surface area contributed by atoms with E-state index in [9.17, 15) is 13.6 Å². The van der Waals surface area contributed by atoms with Gasteiger partial charge in [0.1, 0.15) is 5.70 Å². The molecule has 0 spiro atoms. The Balaban J connectivity index is 1.78. The van der Waals surface area contributed by atoms with Crippen molar-refractivity contribution in [2.75, 3.05) is 19.8 Å². The zero-order valence-corrected chi connectivity index (χ0v) is 15.6. The first-order valence-corrected chi connectivity index (χ1v) is 9.06. The predicted molar refractivity (Wildman–Crippen MR) is 98.6 cm³/mol. The maximum atomic E-state index is 12.6. The first-order chi connectivity index (χ1) is 13.0. The van der Waals surface area contributed by atoms with Crippen LogP contribution < -0.4 is 14.8 Å². The van der Waals surface area contributed by atoms with Gasteiger partial charge in [0.05, 0.1) is 19.3 Å². The second-order valence-electron chi connectivity index (χ2n) is 6.06. The number of amides is 1. The number of hydrogen-bond donors (Lipinski definition) is 1. The number of carbonyl (C=O) groups excluding carboxylic acids is 1. The summed E-state index contributed by atoms with van der Waals surface area (Å²) >= 11 is 5.25. The third-order valence-electron chi connectivity index (χ3n) is 4.17. The second-order valence-corrected chi connectivity index (χ2v) is 6.44. The minimum absolute atomic E-state index is 0.0108. The summed E-state index contributed by atoms with van der Waals surface area (Å²) in [5.74, 6) is -0.131. The zero-order valence-electron chi connectivity index (χ0n) is 14.7. The molecule has 0 aliphatic carbocycles. The number of carbonyl (C=O) groups is 1. The Morgan fingerprint density at radius 3 is 2.93 bits per heavy atom. The van der Waals surface area contributed by atoms with E-state index < -0.39 is 6.61 Å². The summed E-state index contributed by atoms with van der Waals surface area (Å²) in [4.78, 5) is 14.1. The number of alkyl halides is 2. The molecule has 2 aliphatic rings. The lowest BCUT2D eigenvalue weighted by molar-refractivity contribution is -0.123. The van der Waals surface area contributed by atoms with Gasteiger partial charge in [-0.2, -0.15) is 8.78 Å². The van der Waals surface area contributed by atoms with E-state index in [1.807, 2.05) is 0 Å². The largest absolute Gasteiger partial charge is 0.490 e. The lowest BCUT2D eigenvalue weighted by Crippen LogP contribution is -2.37. The van der Waals surface area contributed by atoms with Crippen LogP contribution in [0, 0.1) is 0 Å². The van der Waals surface area contributed by atoms with Crippen molar-refractivity contribution in [2.45, 2.75) is 32.5 Å². The molecular formula is C18H20F2N2O4S. The van der Waals surface area contributed by atoms with Crippen molar-refractivity contribution in [3.63, 3.8) is 0 Å². The Labute approximate surface area is 161 Å². The molecule has 2 heterocycles. The average molecular weight is 398 g/mol. The SMILES string of the molecule is CCOc1cc(/C=C2\NC(=S)N(C[C@H]3CCCO3)C2=O)ccc1OC(F)F. The van der Waals surface area contributed by atoms with Crippen LogP contribution in [0.1, 0.15) is 25.3 Å². The predicted octanol–water partition coefficient (Wildman–Crippen LogP) is 2.92. The number of rotatable bonds is 7.